The van der Waals surface area contributed by atoms with Gasteiger partial charge in [0.05, 0.1) is 13.2 Å². The Morgan fingerprint density at radius 3 is 2.35 bits per heavy atom. The third-order valence-electron chi connectivity index (χ3n) is 3.97. The molecule has 0 amide bonds. The van der Waals surface area contributed by atoms with E-state index in [9.17, 15) is 25.5 Å². The summed E-state index contributed by atoms with van der Waals surface area (Å²) in [5, 5.41) is 48.1. The lowest BCUT2D eigenvalue weighted by Crippen LogP contribution is -2.60. The van der Waals surface area contributed by atoms with Crippen molar-refractivity contribution >= 4 is 0 Å². The summed E-state index contributed by atoms with van der Waals surface area (Å²) < 4.78 is 11.0. The van der Waals surface area contributed by atoms with Crippen LogP contribution in [0.5, 0.6) is 5.75 Å². The maximum Gasteiger partial charge on any atom is 0.229 e. The van der Waals surface area contributed by atoms with E-state index in [0.717, 1.165) is 5.56 Å². The molecule has 1 heterocycles. The molecule has 0 aromatic heterocycles. The summed E-state index contributed by atoms with van der Waals surface area (Å²) in [5.74, 6) is 0.540. The predicted octanol–water partition coefficient (Wildman–Crippen LogP) is -0.519. The lowest BCUT2D eigenvalue weighted by Gasteiger charge is -2.39. The second-order valence-electron chi connectivity index (χ2n) is 6.00. The van der Waals surface area contributed by atoms with Crippen molar-refractivity contribution in [1.29, 1.82) is 0 Å². The molecule has 0 aliphatic carbocycles. The first kappa shape index (κ1) is 18.1. The van der Waals surface area contributed by atoms with Crippen molar-refractivity contribution in [1.82, 2.24) is 0 Å². The number of aliphatic hydroxyl groups is 5. The molecule has 0 saturated carbocycles. The lowest BCUT2D eigenvalue weighted by atomic mass is 9.98. The van der Waals surface area contributed by atoms with Gasteiger partial charge in [0.2, 0.25) is 6.29 Å². The highest BCUT2D eigenvalue weighted by Gasteiger charge is 2.44. The minimum atomic E-state index is -1.49. The van der Waals surface area contributed by atoms with Crippen molar-refractivity contribution < 1.29 is 35.0 Å². The van der Waals surface area contributed by atoms with Crippen LogP contribution in [0.2, 0.25) is 0 Å². The van der Waals surface area contributed by atoms with Crippen LogP contribution in [0.3, 0.4) is 0 Å². The zero-order chi connectivity index (χ0) is 17.1. The molecule has 7 nitrogen and oxygen atoms in total. The molecule has 2 rings (SSSR count). The largest absolute Gasteiger partial charge is 0.462 e. The van der Waals surface area contributed by atoms with Crippen LogP contribution in [0.4, 0.5) is 0 Å². The first-order valence-electron chi connectivity index (χ1n) is 7.59. The van der Waals surface area contributed by atoms with Crippen molar-refractivity contribution in [2.75, 3.05) is 6.61 Å². The Labute approximate surface area is 134 Å². The Morgan fingerprint density at radius 2 is 1.78 bits per heavy atom. The molecule has 130 valence electrons. The molecule has 1 aliphatic rings. The smallest absolute Gasteiger partial charge is 0.229 e. The average Bonchev–Trinajstić information content (AvgIpc) is 2.54. The van der Waals surface area contributed by atoms with Crippen LogP contribution < -0.4 is 4.74 Å². The van der Waals surface area contributed by atoms with Gasteiger partial charge in [-0.3, -0.25) is 0 Å². The van der Waals surface area contributed by atoms with Gasteiger partial charge < -0.3 is 35.0 Å². The zero-order valence-corrected chi connectivity index (χ0v) is 13.2. The summed E-state index contributed by atoms with van der Waals surface area (Å²) in [7, 11) is 0. The Balaban J connectivity index is 2.26. The minimum absolute atomic E-state index is 0.127. The second-order valence-corrected chi connectivity index (χ2v) is 6.00. The molecular formula is C16H24O7. The van der Waals surface area contributed by atoms with Gasteiger partial charge in [-0.25, -0.2) is 0 Å². The first-order valence-corrected chi connectivity index (χ1v) is 7.59. The van der Waals surface area contributed by atoms with Gasteiger partial charge in [-0.2, -0.15) is 0 Å². The molecule has 5 N–H and O–H groups in total. The highest BCUT2D eigenvalue weighted by atomic mass is 16.7. The van der Waals surface area contributed by atoms with E-state index >= 15 is 0 Å². The van der Waals surface area contributed by atoms with Crippen molar-refractivity contribution in [3.8, 4) is 5.75 Å². The van der Waals surface area contributed by atoms with Gasteiger partial charge in [0, 0.05) is 0 Å². The predicted molar refractivity (Wildman–Crippen MR) is 80.8 cm³/mol. The third kappa shape index (κ3) is 3.82. The van der Waals surface area contributed by atoms with Crippen LogP contribution >= 0.6 is 0 Å². The number of rotatable bonds is 5. The van der Waals surface area contributed by atoms with Crippen molar-refractivity contribution in [2.24, 2.45) is 0 Å². The fraction of sp³-hybridized carbons (Fsp3) is 0.625. The molecular weight excluding hydrogens is 304 g/mol. The summed E-state index contributed by atoms with van der Waals surface area (Å²) in [6.07, 6.45) is -6.65. The molecule has 23 heavy (non-hydrogen) atoms. The van der Waals surface area contributed by atoms with Gasteiger partial charge >= 0.3 is 0 Å². The quantitative estimate of drug-likeness (QED) is 0.493. The number of ether oxygens (including phenoxy) is 2. The molecule has 1 aromatic carbocycles. The minimum Gasteiger partial charge on any atom is -0.462 e. The molecule has 1 aliphatic heterocycles. The van der Waals surface area contributed by atoms with E-state index in [-0.39, 0.29) is 12.5 Å². The van der Waals surface area contributed by atoms with Crippen LogP contribution in [0, 0.1) is 0 Å². The van der Waals surface area contributed by atoms with E-state index in [4.69, 9.17) is 9.47 Å². The molecule has 0 bridgehead atoms. The highest BCUT2D eigenvalue weighted by Crippen LogP contribution is 2.31. The molecule has 0 unspecified atom stereocenters. The van der Waals surface area contributed by atoms with Gasteiger partial charge in [0.15, 0.2) is 0 Å². The molecule has 1 aromatic rings. The third-order valence-corrected chi connectivity index (χ3v) is 3.97. The second kappa shape index (κ2) is 7.57. The fourth-order valence-electron chi connectivity index (χ4n) is 2.55. The van der Waals surface area contributed by atoms with E-state index in [0.29, 0.717) is 11.3 Å². The van der Waals surface area contributed by atoms with E-state index in [1.807, 2.05) is 19.9 Å². The van der Waals surface area contributed by atoms with Crippen LogP contribution in [-0.4, -0.2) is 62.8 Å². The van der Waals surface area contributed by atoms with Gasteiger partial charge in [-0.15, -0.1) is 0 Å². The molecule has 5 atom stereocenters. The molecule has 0 spiro atoms. The Morgan fingerprint density at radius 1 is 1.09 bits per heavy atom. The van der Waals surface area contributed by atoms with Crippen molar-refractivity contribution in [3.05, 3.63) is 29.3 Å². The highest BCUT2D eigenvalue weighted by molar-refractivity contribution is 5.39. The molecule has 1 fully saturated rings. The summed E-state index contributed by atoms with van der Waals surface area (Å²) >= 11 is 0. The van der Waals surface area contributed by atoms with E-state index in [1.165, 1.54) is 0 Å². The fourth-order valence-corrected chi connectivity index (χ4v) is 2.55. The van der Waals surface area contributed by atoms with Crippen LogP contribution in [0.15, 0.2) is 18.2 Å². The van der Waals surface area contributed by atoms with E-state index < -0.39 is 37.3 Å². The normalized spacial score (nSPS) is 31.4. The molecule has 1 saturated heterocycles. The lowest BCUT2D eigenvalue weighted by molar-refractivity contribution is -0.277. The van der Waals surface area contributed by atoms with Crippen LogP contribution in [-0.2, 0) is 11.3 Å². The Kier molecular flexibility index (Phi) is 5.96. The Bertz CT molecular complexity index is 517. The van der Waals surface area contributed by atoms with E-state index in [2.05, 4.69) is 0 Å². The van der Waals surface area contributed by atoms with Crippen molar-refractivity contribution in [2.45, 2.75) is 57.1 Å². The average molecular weight is 328 g/mol. The standard InChI is InChI=1S/C16H24O7/c1-8(2)10-4-3-9(6-17)5-11(10)22-16-15(21)14(20)13(19)12(7-18)23-16/h3-5,8,12-21H,6-7H2,1-2H3/t12-,13-,14+,15-,16+/m1/s1. The summed E-state index contributed by atoms with van der Waals surface area (Å²) in [6.45, 7) is 3.25. The van der Waals surface area contributed by atoms with Crippen LogP contribution in [0.25, 0.3) is 0 Å². The van der Waals surface area contributed by atoms with Gasteiger partial charge in [0.1, 0.15) is 30.2 Å². The summed E-state index contributed by atoms with van der Waals surface area (Å²) in [4.78, 5) is 0. The topological polar surface area (TPSA) is 120 Å². The van der Waals surface area contributed by atoms with Gasteiger partial charge in [-0.05, 0) is 23.1 Å². The number of benzene rings is 1. The summed E-state index contributed by atoms with van der Waals surface area (Å²) in [5.41, 5.74) is 1.48. The first-order chi connectivity index (χ1) is 10.9. The van der Waals surface area contributed by atoms with Gasteiger partial charge in [-0.1, -0.05) is 26.0 Å². The maximum atomic E-state index is 10.0. The number of hydrogen-bond donors (Lipinski definition) is 5. The van der Waals surface area contributed by atoms with Crippen LogP contribution in [0.1, 0.15) is 30.9 Å². The molecule has 0 radical (unpaired) electrons. The van der Waals surface area contributed by atoms with E-state index in [1.54, 1.807) is 12.1 Å². The monoisotopic (exact) mass is 328 g/mol. The Hall–Kier alpha value is -1.22. The number of hydrogen-bond acceptors (Lipinski definition) is 7. The SMILES string of the molecule is CC(C)c1ccc(CO)cc1O[C@H]1O[C@H](CO)[C@@H](O)[C@H](O)[C@H]1O. The van der Waals surface area contributed by atoms with Gasteiger partial charge in [0.25, 0.3) is 0 Å². The maximum absolute atomic E-state index is 10.0. The zero-order valence-electron chi connectivity index (χ0n) is 13.2. The molecule has 7 heteroatoms. The number of aliphatic hydroxyl groups excluding tert-OH is 5. The van der Waals surface area contributed by atoms with Crippen molar-refractivity contribution in [3.63, 3.8) is 0 Å². The summed E-state index contributed by atoms with van der Waals surface area (Å²) in [6, 6.07) is 5.22.